The van der Waals surface area contributed by atoms with Crippen LogP contribution in [-0.2, 0) is 0 Å². The predicted octanol–water partition coefficient (Wildman–Crippen LogP) is 4.80. The van der Waals surface area contributed by atoms with Gasteiger partial charge in [0.1, 0.15) is 0 Å². The number of hydrogen-bond acceptors (Lipinski definition) is 2. The van der Waals surface area contributed by atoms with Gasteiger partial charge in [0.05, 0.1) is 6.04 Å². The third-order valence-corrected chi connectivity index (χ3v) is 4.13. The highest BCUT2D eigenvalue weighted by Crippen LogP contribution is 2.28. The molecule has 2 aromatic rings. The van der Waals surface area contributed by atoms with Crippen molar-refractivity contribution in [3.8, 4) is 0 Å². The van der Waals surface area contributed by atoms with Crippen LogP contribution in [0.1, 0.15) is 35.4 Å². The highest BCUT2D eigenvalue weighted by molar-refractivity contribution is 7.10. The topological polar surface area (TPSA) is 12.0 Å². The molecule has 0 spiro atoms. The van der Waals surface area contributed by atoms with E-state index in [-0.39, 0.29) is 6.04 Å². The molecule has 1 unspecified atom stereocenters. The molecule has 3 heteroatoms. The van der Waals surface area contributed by atoms with Crippen LogP contribution in [-0.4, -0.2) is 6.54 Å². The Morgan fingerprint density at radius 2 is 1.94 bits per heavy atom. The minimum atomic E-state index is 0.272. The normalized spacial score (nSPS) is 12.6. The molecule has 0 saturated heterocycles. The van der Waals surface area contributed by atoms with Crippen LogP contribution < -0.4 is 5.32 Å². The van der Waals surface area contributed by atoms with Crippen LogP contribution in [0.25, 0.3) is 0 Å². The zero-order valence-corrected chi connectivity index (χ0v) is 12.3. The molecule has 0 aliphatic heterocycles. The standard InChI is InChI=1S/C15H18ClNS/c1-3-9-17-15(14-8-10-18-11(14)2)12-4-6-13(16)7-5-12/h4-8,10,15,17H,3,9H2,1-2H3. The monoisotopic (exact) mass is 279 g/mol. The smallest absolute Gasteiger partial charge is 0.0587 e. The van der Waals surface area contributed by atoms with E-state index in [1.165, 1.54) is 16.0 Å². The first-order valence-corrected chi connectivity index (χ1v) is 7.51. The van der Waals surface area contributed by atoms with Gasteiger partial charge in [0.2, 0.25) is 0 Å². The number of rotatable bonds is 5. The Labute approximate surface area is 118 Å². The molecule has 0 radical (unpaired) electrons. The minimum absolute atomic E-state index is 0.272. The van der Waals surface area contributed by atoms with E-state index >= 15 is 0 Å². The maximum absolute atomic E-state index is 5.96. The number of halogens is 1. The Hall–Kier alpha value is -0.830. The molecular formula is C15H18ClNS. The summed E-state index contributed by atoms with van der Waals surface area (Å²) in [4.78, 5) is 1.37. The summed E-state index contributed by atoms with van der Waals surface area (Å²) in [5.74, 6) is 0. The maximum atomic E-state index is 5.96. The van der Waals surface area contributed by atoms with Gasteiger partial charge in [-0.1, -0.05) is 30.7 Å². The highest BCUT2D eigenvalue weighted by atomic mass is 35.5. The molecule has 1 nitrogen and oxygen atoms in total. The van der Waals surface area contributed by atoms with Gasteiger partial charge < -0.3 is 5.32 Å². The van der Waals surface area contributed by atoms with Crippen LogP contribution >= 0.6 is 22.9 Å². The second-order valence-electron chi connectivity index (χ2n) is 4.37. The molecule has 1 aromatic carbocycles. The van der Waals surface area contributed by atoms with Crippen molar-refractivity contribution >= 4 is 22.9 Å². The number of benzene rings is 1. The van der Waals surface area contributed by atoms with E-state index in [0.29, 0.717) is 0 Å². The zero-order valence-electron chi connectivity index (χ0n) is 10.7. The molecule has 0 bridgehead atoms. The van der Waals surface area contributed by atoms with Gasteiger partial charge in [-0.3, -0.25) is 0 Å². The Balaban J connectivity index is 2.30. The van der Waals surface area contributed by atoms with Crippen LogP contribution in [0, 0.1) is 6.92 Å². The lowest BCUT2D eigenvalue weighted by Gasteiger charge is -2.19. The van der Waals surface area contributed by atoms with Crippen molar-refractivity contribution in [2.45, 2.75) is 26.3 Å². The molecule has 1 aromatic heterocycles. The third kappa shape index (κ3) is 3.14. The van der Waals surface area contributed by atoms with Crippen molar-refractivity contribution in [1.82, 2.24) is 5.32 Å². The molecule has 1 heterocycles. The van der Waals surface area contributed by atoms with E-state index < -0.39 is 0 Å². The Kier molecular flexibility index (Phi) is 4.81. The summed E-state index contributed by atoms with van der Waals surface area (Å²) in [6.07, 6.45) is 1.13. The van der Waals surface area contributed by atoms with Gasteiger partial charge in [0.15, 0.2) is 0 Å². The van der Waals surface area contributed by atoms with Crippen LogP contribution in [0.2, 0.25) is 5.02 Å². The van der Waals surface area contributed by atoms with Gasteiger partial charge in [0.25, 0.3) is 0 Å². The van der Waals surface area contributed by atoms with Crippen LogP contribution in [0.4, 0.5) is 0 Å². The first kappa shape index (κ1) is 13.6. The summed E-state index contributed by atoms with van der Waals surface area (Å²) in [6.45, 7) is 5.38. The summed E-state index contributed by atoms with van der Waals surface area (Å²) in [5.41, 5.74) is 2.64. The first-order valence-electron chi connectivity index (χ1n) is 6.25. The number of nitrogens with one attached hydrogen (secondary N) is 1. The van der Waals surface area contributed by atoms with Gasteiger partial charge >= 0.3 is 0 Å². The van der Waals surface area contributed by atoms with Crippen LogP contribution in [0.3, 0.4) is 0 Å². The van der Waals surface area contributed by atoms with Crippen molar-refractivity contribution in [1.29, 1.82) is 0 Å². The van der Waals surface area contributed by atoms with E-state index in [0.717, 1.165) is 18.0 Å². The second kappa shape index (κ2) is 6.37. The summed E-state index contributed by atoms with van der Waals surface area (Å²) in [6, 6.07) is 10.6. The molecule has 0 saturated carbocycles. The number of aryl methyl sites for hydroxylation is 1. The largest absolute Gasteiger partial charge is 0.306 e. The molecule has 0 aliphatic carbocycles. The SMILES string of the molecule is CCCNC(c1ccc(Cl)cc1)c1ccsc1C. The van der Waals surface area contributed by atoms with E-state index in [1.54, 1.807) is 11.3 Å². The van der Waals surface area contributed by atoms with E-state index in [9.17, 15) is 0 Å². The molecule has 1 N–H and O–H groups in total. The lowest BCUT2D eigenvalue weighted by atomic mass is 9.99. The first-order chi connectivity index (χ1) is 8.72. The number of thiophene rings is 1. The van der Waals surface area contributed by atoms with Gasteiger partial charge in [0, 0.05) is 9.90 Å². The molecular weight excluding hydrogens is 262 g/mol. The van der Waals surface area contributed by atoms with E-state index in [4.69, 9.17) is 11.6 Å². The van der Waals surface area contributed by atoms with Crippen molar-refractivity contribution in [2.24, 2.45) is 0 Å². The molecule has 0 amide bonds. The van der Waals surface area contributed by atoms with Gasteiger partial charge in [-0.2, -0.15) is 0 Å². The van der Waals surface area contributed by atoms with Gasteiger partial charge in [-0.05, 0) is 54.6 Å². The fourth-order valence-electron chi connectivity index (χ4n) is 2.05. The zero-order chi connectivity index (χ0) is 13.0. The lowest BCUT2D eigenvalue weighted by Crippen LogP contribution is -2.23. The van der Waals surface area contributed by atoms with Gasteiger partial charge in [-0.15, -0.1) is 11.3 Å². The molecule has 18 heavy (non-hydrogen) atoms. The minimum Gasteiger partial charge on any atom is -0.306 e. The second-order valence-corrected chi connectivity index (χ2v) is 5.93. The average Bonchev–Trinajstić information content (AvgIpc) is 2.78. The van der Waals surface area contributed by atoms with Crippen LogP contribution in [0.15, 0.2) is 35.7 Å². The maximum Gasteiger partial charge on any atom is 0.0587 e. The summed E-state index contributed by atoms with van der Waals surface area (Å²) in [5, 5.41) is 6.55. The third-order valence-electron chi connectivity index (χ3n) is 3.01. The fourth-order valence-corrected chi connectivity index (χ4v) is 2.91. The Bertz CT molecular complexity index is 489. The molecule has 1 atom stereocenters. The fraction of sp³-hybridized carbons (Fsp3) is 0.333. The average molecular weight is 280 g/mol. The Morgan fingerprint density at radius 1 is 1.22 bits per heavy atom. The lowest BCUT2D eigenvalue weighted by molar-refractivity contribution is 0.598. The van der Waals surface area contributed by atoms with Crippen molar-refractivity contribution in [3.05, 3.63) is 56.7 Å². The summed E-state index contributed by atoms with van der Waals surface area (Å²) < 4.78 is 0. The molecule has 0 fully saturated rings. The highest BCUT2D eigenvalue weighted by Gasteiger charge is 2.15. The molecule has 0 aliphatic rings. The van der Waals surface area contributed by atoms with Crippen molar-refractivity contribution < 1.29 is 0 Å². The molecule has 96 valence electrons. The van der Waals surface area contributed by atoms with Crippen LogP contribution in [0.5, 0.6) is 0 Å². The molecule has 2 rings (SSSR count). The predicted molar refractivity (Wildman–Crippen MR) is 80.6 cm³/mol. The Morgan fingerprint density at radius 3 is 2.50 bits per heavy atom. The number of hydrogen-bond donors (Lipinski definition) is 1. The van der Waals surface area contributed by atoms with Crippen molar-refractivity contribution in [2.75, 3.05) is 6.54 Å². The summed E-state index contributed by atoms with van der Waals surface area (Å²) in [7, 11) is 0. The van der Waals surface area contributed by atoms with E-state index in [1.807, 2.05) is 12.1 Å². The summed E-state index contributed by atoms with van der Waals surface area (Å²) >= 11 is 7.76. The van der Waals surface area contributed by atoms with Gasteiger partial charge in [-0.25, -0.2) is 0 Å². The van der Waals surface area contributed by atoms with Crippen molar-refractivity contribution in [3.63, 3.8) is 0 Å². The van der Waals surface area contributed by atoms with E-state index in [2.05, 4.69) is 42.7 Å². The quantitative estimate of drug-likeness (QED) is 0.829.